The van der Waals surface area contributed by atoms with Gasteiger partial charge in [0.15, 0.2) is 0 Å². The Morgan fingerprint density at radius 3 is 2.52 bits per heavy atom. The predicted octanol–water partition coefficient (Wildman–Crippen LogP) is 4.22. The van der Waals surface area contributed by atoms with Gasteiger partial charge in [-0.1, -0.05) is 26.0 Å². The minimum atomic E-state index is -0.0883. The van der Waals surface area contributed by atoms with Crippen LogP contribution in [-0.4, -0.2) is 35.8 Å². The summed E-state index contributed by atoms with van der Waals surface area (Å²) in [5, 5.41) is 3.00. The van der Waals surface area contributed by atoms with Crippen LogP contribution in [0.1, 0.15) is 37.4 Å². The van der Waals surface area contributed by atoms with E-state index in [1.165, 1.54) is 5.56 Å². The molecule has 0 unspecified atom stereocenters. The third-order valence-corrected chi connectivity index (χ3v) is 4.30. The van der Waals surface area contributed by atoms with E-state index in [1.54, 1.807) is 7.11 Å². The summed E-state index contributed by atoms with van der Waals surface area (Å²) in [6.45, 7) is 6.17. The lowest BCUT2D eigenvalue weighted by Crippen LogP contribution is -2.36. The van der Waals surface area contributed by atoms with Crippen LogP contribution in [0.15, 0.2) is 42.6 Å². The number of benzene rings is 1. The van der Waals surface area contributed by atoms with Crippen molar-refractivity contribution in [2.24, 2.45) is 7.05 Å². The summed E-state index contributed by atoms with van der Waals surface area (Å²) in [6.07, 6.45) is 2.80. The number of carbonyl (C=O) groups excluding carboxylic acids is 1. The van der Waals surface area contributed by atoms with Crippen LogP contribution >= 0.6 is 0 Å². The van der Waals surface area contributed by atoms with Crippen LogP contribution in [0.4, 0.5) is 10.5 Å². The molecule has 136 valence electrons. The molecule has 0 aliphatic carbocycles. The Morgan fingerprint density at radius 2 is 1.96 bits per heavy atom. The Labute approximate surface area is 150 Å². The van der Waals surface area contributed by atoms with Crippen LogP contribution in [-0.2, 0) is 18.3 Å². The highest BCUT2D eigenvalue weighted by atomic mass is 16.5. The molecule has 0 aliphatic heterocycles. The monoisotopic (exact) mass is 343 g/mol. The van der Waals surface area contributed by atoms with Crippen molar-refractivity contribution < 1.29 is 9.53 Å². The molecule has 0 spiro atoms. The van der Waals surface area contributed by atoms with Gasteiger partial charge in [-0.15, -0.1) is 0 Å². The topological polar surface area (TPSA) is 46.5 Å². The average molecular weight is 343 g/mol. The number of hydrogen-bond donors (Lipinski definition) is 1. The van der Waals surface area contributed by atoms with Gasteiger partial charge in [0.2, 0.25) is 0 Å². The first-order valence-corrected chi connectivity index (χ1v) is 8.76. The van der Waals surface area contributed by atoms with Crippen molar-refractivity contribution in [1.82, 2.24) is 9.47 Å². The molecule has 0 fully saturated rings. The molecule has 0 aliphatic rings. The first-order chi connectivity index (χ1) is 12.0. The maximum Gasteiger partial charge on any atom is 0.322 e. The summed E-state index contributed by atoms with van der Waals surface area (Å²) in [6, 6.07) is 12.0. The van der Waals surface area contributed by atoms with Gasteiger partial charge in [-0.25, -0.2) is 4.79 Å². The Hall–Kier alpha value is -2.27. The zero-order chi connectivity index (χ0) is 18.2. The predicted molar refractivity (Wildman–Crippen MR) is 102 cm³/mol. The zero-order valence-corrected chi connectivity index (χ0v) is 15.7. The van der Waals surface area contributed by atoms with Crippen LogP contribution in [0.25, 0.3) is 0 Å². The Kier molecular flexibility index (Phi) is 7.07. The van der Waals surface area contributed by atoms with E-state index in [-0.39, 0.29) is 6.03 Å². The van der Waals surface area contributed by atoms with Crippen LogP contribution in [0.5, 0.6) is 0 Å². The van der Waals surface area contributed by atoms with E-state index in [1.807, 2.05) is 47.0 Å². The molecule has 5 nitrogen and oxygen atoms in total. The number of hydrogen-bond acceptors (Lipinski definition) is 2. The molecule has 0 bridgehead atoms. The normalized spacial score (nSPS) is 10.9. The highest BCUT2D eigenvalue weighted by Crippen LogP contribution is 2.18. The van der Waals surface area contributed by atoms with E-state index in [4.69, 9.17) is 4.74 Å². The maximum atomic E-state index is 12.7. The number of ether oxygens (including phenoxy) is 1. The molecule has 2 aromatic rings. The first-order valence-electron chi connectivity index (χ1n) is 8.76. The fourth-order valence-corrected chi connectivity index (χ4v) is 2.66. The smallest absolute Gasteiger partial charge is 0.322 e. The fraction of sp³-hybridized carbons (Fsp3) is 0.450. The van der Waals surface area contributed by atoms with Gasteiger partial charge in [-0.3, -0.25) is 0 Å². The van der Waals surface area contributed by atoms with Gasteiger partial charge in [0.25, 0.3) is 0 Å². The van der Waals surface area contributed by atoms with E-state index >= 15 is 0 Å². The third kappa shape index (κ3) is 5.64. The van der Waals surface area contributed by atoms with Gasteiger partial charge in [0.1, 0.15) is 0 Å². The summed E-state index contributed by atoms with van der Waals surface area (Å²) in [4.78, 5) is 14.6. The quantitative estimate of drug-likeness (QED) is 0.730. The molecule has 25 heavy (non-hydrogen) atoms. The van der Waals surface area contributed by atoms with Crippen molar-refractivity contribution in [3.8, 4) is 0 Å². The van der Waals surface area contributed by atoms with Crippen LogP contribution in [0, 0.1) is 0 Å². The Bertz CT molecular complexity index is 662. The van der Waals surface area contributed by atoms with Gasteiger partial charge >= 0.3 is 6.03 Å². The number of nitrogens with zero attached hydrogens (tertiary/aromatic N) is 2. The number of nitrogens with one attached hydrogen (secondary N) is 1. The molecule has 0 radical (unpaired) electrons. The van der Waals surface area contributed by atoms with Gasteiger partial charge in [0.05, 0.1) is 6.54 Å². The number of carbonyl (C=O) groups is 1. The number of urea groups is 1. The molecule has 1 N–H and O–H groups in total. The SMILES string of the molecule is COCCCN(Cc1cccn1C)C(=O)Nc1ccc(C(C)C)cc1. The van der Waals surface area contributed by atoms with Crippen LogP contribution in [0.2, 0.25) is 0 Å². The number of aromatic nitrogens is 1. The second-order valence-electron chi connectivity index (χ2n) is 6.59. The molecular weight excluding hydrogens is 314 g/mol. The largest absolute Gasteiger partial charge is 0.385 e. The lowest BCUT2D eigenvalue weighted by atomic mass is 10.0. The van der Waals surface area contributed by atoms with Crippen LogP contribution in [0.3, 0.4) is 0 Å². The van der Waals surface area contributed by atoms with E-state index in [2.05, 4.69) is 31.3 Å². The Balaban J connectivity index is 2.04. The number of rotatable bonds is 8. The van der Waals surface area contributed by atoms with Crippen molar-refractivity contribution in [2.75, 3.05) is 25.6 Å². The van der Waals surface area contributed by atoms with Crippen molar-refractivity contribution >= 4 is 11.7 Å². The second kappa shape index (κ2) is 9.28. The first kappa shape index (κ1) is 19.1. The lowest BCUT2D eigenvalue weighted by Gasteiger charge is -2.23. The number of methoxy groups -OCH3 is 1. The number of anilines is 1. The molecule has 1 aromatic carbocycles. The molecule has 2 amide bonds. The number of amides is 2. The van der Waals surface area contributed by atoms with E-state index < -0.39 is 0 Å². The van der Waals surface area contributed by atoms with Crippen LogP contribution < -0.4 is 5.32 Å². The van der Waals surface area contributed by atoms with Crippen molar-refractivity contribution in [1.29, 1.82) is 0 Å². The summed E-state index contributed by atoms with van der Waals surface area (Å²) in [5.41, 5.74) is 3.18. The van der Waals surface area contributed by atoms with Crippen molar-refractivity contribution in [2.45, 2.75) is 32.7 Å². The molecule has 0 atom stereocenters. The molecule has 5 heteroatoms. The number of aryl methyl sites for hydroxylation is 1. The maximum absolute atomic E-state index is 12.7. The van der Waals surface area contributed by atoms with Crippen molar-refractivity contribution in [3.05, 3.63) is 53.9 Å². The summed E-state index contributed by atoms with van der Waals surface area (Å²) in [5.74, 6) is 0.479. The highest BCUT2D eigenvalue weighted by molar-refractivity contribution is 5.89. The summed E-state index contributed by atoms with van der Waals surface area (Å²) < 4.78 is 7.16. The average Bonchev–Trinajstić information content (AvgIpc) is 2.99. The minimum absolute atomic E-state index is 0.0883. The third-order valence-electron chi connectivity index (χ3n) is 4.30. The minimum Gasteiger partial charge on any atom is -0.385 e. The highest BCUT2D eigenvalue weighted by Gasteiger charge is 2.15. The van der Waals surface area contributed by atoms with Gasteiger partial charge in [0, 0.05) is 44.9 Å². The standard InChI is InChI=1S/C20H29N3O2/c1-16(2)17-8-10-18(11-9-17)21-20(24)23(13-6-14-25-4)15-19-7-5-12-22(19)3/h5,7-12,16H,6,13-15H2,1-4H3,(H,21,24). The van der Waals surface area contributed by atoms with Gasteiger partial charge in [-0.2, -0.15) is 0 Å². The molecule has 0 saturated carbocycles. The lowest BCUT2D eigenvalue weighted by molar-refractivity contribution is 0.171. The van der Waals surface area contributed by atoms with Gasteiger partial charge in [-0.05, 0) is 42.2 Å². The summed E-state index contributed by atoms with van der Waals surface area (Å²) in [7, 11) is 3.67. The Morgan fingerprint density at radius 1 is 1.24 bits per heavy atom. The second-order valence-corrected chi connectivity index (χ2v) is 6.59. The van der Waals surface area contributed by atoms with E-state index in [0.717, 1.165) is 17.8 Å². The van der Waals surface area contributed by atoms with Gasteiger partial charge < -0.3 is 19.5 Å². The molecule has 0 saturated heterocycles. The van der Waals surface area contributed by atoms with Crippen molar-refractivity contribution in [3.63, 3.8) is 0 Å². The molecule has 1 aromatic heterocycles. The van der Waals surface area contributed by atoms with E-state index in [0.29, 0.717) is 25.6 Å². The molecular formula is C20H29N3O2. The summed E-state index contributed by atoms with van der Waals surface area (Å²) >= 11 is 0. The molecule has 2 rings (SSSR count). The fourth-order valence-electron chi connectivity index (χ4n) is 2.66. The zero-order valence-electron chi connectivity index (χ0n) is 15.7. The molecule has 1 heterocycles. The van der Waals surface area contributed by atoms with E-state index in [9.17, 15) is 4.79 Å².